The summed E-state index contributed by atoms with van der Waals surface area (Å²) in [5, 5.41) is 21.3. The Hall–Kier alpha value is -3.28. The van der Waals surface area contributed by atoms with Gasteiger partial charge < -0.3 is 20.1 Å². The number of carbonyl (C=O) groups excluding carboxylic acids is 2. The minimum absolute atomic E-state index is 0.106. The zero-order valence-electron chi connectivity index (χ0n) is 33.7. The molecule has 0 spiro atoms. The number of nitriles is 2. The summed E-state index contributed by atoms with van der Waals surface area (Å²) in [6.07, 6.45) is -10.4. The number of hydrogen-bond acceptors (Lipinski definition) is 10. The number of hydrogen-bond donors (Lipinski definition) is 2. The van der Waals surface area contributed by atoms with E-state index in [0.717, 1.165) is 24.3 Å². The van der Waals surface area contributed by atoms with Gasteiger partial charge in [-0.15, -0.1) is 0 Å². The van der Waals surface area contributed by atoms with Crippen LogP contribution in [0.15, 0.2) is 55.1 Å². The van der Waals surface area contributed by atoms with Crippen molar-refractivity contribution < 1.29 is 62.2 Å². The van der Waals surface area contributed by atoms with E-state index in [2.05, 4.69) is 42.5 Å². The predicted molar refractivity (Wildman–Crippen MR) is 217 cm³/mol. The van der Waals surface area contributed by atoms with Gasteiger partial charge in [0.1, 0.15) is 11.1 Å². The van der Waals surface area contributed by atoms with Crippen LogP contribution >= 0.6 is 31.9 Å². The number of sulfone groups is 2. The fourth-order valence-corrected chi connectivity index (χ4v) is 12.4. The monoisotopic (exact) mass is 1040 g/mol. The summed E-state index contributed by atoms with van der Waals surface area (Å²) in [6.45, 7) is 6.91. The van der Waals surface area contributed by atoms with Crippen LogP contribution in [0.1, 0.15) is 90.2 Å². The van der Waals surface area contributed by atoms with Gasteiger partial charge in [0.15, 0.2) is 19.7 Å². The average molecular weight is 1050 g/mol. The van der Waals surface area contributed by atoms with Crippen LogP contribution < -0.4 is 10.6 Å². The highest BCUT2D eigenvalue weighted by Crippen LogP contribution is 2.45. The van der Waals surface area contributed by atoms with Gasteiger partial charge in [0.2, 0.25) is 11.8 Å². The van der Waals surface area contributed by atoms with E-state index < -0.39 is 110 Å². The number of alkyl halides is 6. The largest absolute Gasteiger partial charge is 0.417 e. The molecule has 6 atom stereocenters. The van der Waals surface area contributed by atoms with Crippen molar-refractivity contribution in [3.63, 3.8) is 0 Å². The topological polar surface area (TPSA) is 193 Å². The number of benzene rings is 2. The van der Waals surface area contributed by atoms with E-state index >= 15 is 0 Å². The third kappa shape index (κ3) is 11.3. The van der Waals surface area contributed by atoms with Gasteiger partial charge >= 0.3 is 12.4 Å². The lowest BCUT2D eigenvalue weighted by molar-refractivity contribution is -0.140. The van der Waals surface area contributed by atoms with Gasteiger partial charge in [-0.25, -0.2) is 16.8 Å². The number of nitrogens with zero attached hydrogens (tertiary/aromatic N) is 2. The Kier molecular flexibility index (Phi) is 14.7. The molecule has 2 N–H and O–H groups in total. The number of carbonyl (C=O) groups is 2. The number of halogens is 8. The van der Waals surface area contributed by atoms with Crippen LogP contribution in [0.3, 0.4) is 0 Å². The van der Waals surface area contributed by atoms with E-state index in [4.69, 9.17) is 9.47 Å². The SMILES string of the molecule is CC(C)O[C@@H]1C[C@H](S(=O)(=O)c2ccc(Br)cc2C(F)(F)F)C[C@H]1C(=O)NC1(C#N)CC1.CC(C)O[C@H]1CC(S(=O)(=O)c2ccc(Br)cc2C(F)(F)F)C[C@@H]1C(=O)NC1(C#N)CC1. The van der Waals surface area contributed by atoms with Crippen LogP contribution in [0, 0.1) is 34.5 Å². The smallest absolute Gasteiger partial charge is 0.375 e. The van der Waals surface area contributed by atoms with E-state index in [9.17, 15) is 63.3 Å². The molecule has 0 heterocycles. The summed E-state index contributed by atoms with van der Waals surface area (Å²) in [5.41, 5.74) is -4.38. The van der Waals surface area contributed by atoms with Crippen LogP contribution in [-0.4, -0.2) is 74.6 Å². The molecule has 2 aromatic rings. The second-order valence-electron chi connectivity index (χ2n) is 16.6. The Bertz CT molecular complexity index is 2200. The third-order valence-electron chi connectivity index (χ3n) is 11.1. The fourth-order valence-electron chi connectivity index (χ4n) is 7.71. The standard InChI is InChI=1S/2C20H22BrF3N2O4S/c2*1-11(2)30-16-9-13(8-14(16)18(27)26-19(10-25)5-6-19)31(28,29)17-4-3-12(21)7-15(17)20(22,23)24/h2*3-4,7,11,13-14,16H,5-6,8-9H2,1-2H3,(H,26,27)/t13?,14-,16-;13-,14-,16-/m01/s1. The Labute approximate surface area is 372 Å². The highest BCUT2D eigenvalue weighted by molar-refractivity contribution is 9.10. The molecule has 4 aliphatic rings. The molecule has 6 rings (SSSR count). The van der Waals surface area contributed by atoms with Gasteiger partial charge in [-0.3, -0.25) is 9.59 Å². The first-order chi connectivity index (χ1) is 28.6. The molecule has 62 heavy (non-hydrogen) atoms. The maximum Gasteiger partial charge on any atom is 0.417 e. The molecule has 12 nitrogen and oxygen atoms in total. The van der Waals surface area contributed by atoms with E-state index in [1.54, 1.807) is 27.7 Å². The van der Waals surface area contributed by atoms with Crippen LogP contribution in [0.2, 0.25) is 0 Å². The quantitative estimate of drug-likeness (QED) is 0.197. The molecular weight excluding hydrogens is 1000 g/mol. The molecule has 4 saturated carbocycles. The summed E-state index contributed by atoms with van der Waals surface area (Å²) in [4.78, 5) is 24.0. The zero-order chi connectivity index (χ0) is 46.4. The summed E-state index contributed by atoms with van der Waals surface area (Å²) >= 11 is 5.90. The maximum absolute atomic E-state index is 13.5. The molecule has 0 saturated heterocycles. The van der Waals surface area contributed by atoms with Gasteiger partial charge in [-0.2, -0.15) is 36.9 Å². The van der Waals surface area contributed by atoms with Crippen molar-refractivity contribution in [2.24, 2.45) is 11.8 Å². The lowest BCUT2D eigenvalue weighted by atomic mass is 10.0. The molecule has 0 radical (unpaired) electrons. The molecule has 2 amide bonds. The third-order valence-corrected chi connectivity index (χ3v) is 16.6. The van der Waals surface area contributed by atoms with E-state index in [1.807, 2.05) is 12.1 Å². The normalized spacial score (nSPS) is 25.3. The van der Waals surface area contributed by atoms with Crippen LogP contribution in [0.5, 0.6) is 0 Å². The van der Waals surface area contributed by atoms with Gasteiger partial charge in [0.05, 0.1) is 79.8 Å². The number of ether oxygens (including phenoxy) is 2. The number of nitrogens with one attached hydrogen (secondary N) is 2. The summed E-state index contributed by atoms with van der Waals surface area (Å²) in [5.74, 6) is -2.76. The van der Waals surface area contributed by atoms with Crippen LogP contribution in [0.4, 0.5) is 26.3 Å². The number of amides is 2. The van der Waals surface area contributed by atoms with Crippen molar-refractivity contribution in [1.82, 2.24) is 10.6 Å². The second kappa shape index (κ2) is 18.3. The van der Waals surface area contributed by atoms with E-state index in [0.29, 0.717) is 25.7 Å². The highest BCUT2D eigenvalue weighted by Gasteiger charge is 2.53. The molecule has 0 aliphatic heterocycles. The molecule has 340 valence electrons. The van der Waals surface area contributed by atoms with Crippen LogP contribution in [-0.2, 0) is 51.1 Å². The lowest BCUT2D eigenvalue weighted by Crippen LogP contribution is -2.43. The summed E-state index contributed by atoms with van der Waals surface area (Å²) in [7, 11) is -8.81. The predicted octanol–water partition coefficient (Wildman–Crippen LogP) is 7.97. The summed E-state index contributed by atoms with van der Waals surface area (Å²) < 4.78 is 146. The first-order valence-electron chi connectivity index (χ1n) is 19.6. The van der Waals surface area contributed by atoms with Crippen molar-refractivity contribution in [3.8, 4) is 12.1 Å². The first-order valence-corrected chi connectivity index (χ1v) is 24.2. The van der Waals surface area contributed by atoms with Gasteiger partial charge in [0, 0.05) is 8.95 Å². The Morgan fingerprint density at radius 1 is 0.661 bits per heavy atom. The second-order valence-corrected chi connectivity index (χ2v) is 22.8. The Morgan fingerprint density at radius 2 is 0.984 bits per heavy atom. The molecule has 22 heteroatoms. The molecule has 1 unspecified atom stereocenters. The molecule has 4 aliphatic carbocycles. The fraction of sp³-hybridized carbons (Fsp3) is 0.600. The molecule has 2 aromatic carbocycles. The zero-order valence-corrected chi connectivity index (χ0v) is 38.5. The number of rotatable bonds is 12. The minimum atomic E-state index is -4.86. The van der Waals surface area contributed by atoms with Crippen molar-refractivity contribution in [3.05, 3.63) is 56.5 Å². The lowest BCUT2D eigenvalue weighted by Gasteiger charge is -2.22. The van der Waals surface area contributed by atoms with Gasteiger partial charge in [0.25, 0.3) is 0 Å². The molecular formula is C40H44Br2F6N4O8S2. The Morgan fingerprint density at radius 3 is 1.24 bits per heavy atom. The molecule has 0 aromatic heterocycles. The van der Waals surface area contributed by atoms with Crippen LogP contribution in [0.25, 0.3) is 0 Å². The average Bonchev–Trinajstić information content (AvgIpc) is 4.02. The minimum Gasteiger partial charge on any atom is -0.375 e. The van der Waals surface area contributed by atoms with Crippen molar-refractivity contribution in [2.45, 2.75) is 147 Å². The van der Waals surface area contributed by atoms with Gasteiger partial charge in [-0.1, -0.05) is 31.9 Å². The highest BCUT2D eigenvalue weighted by atomic mass is 79.9. The molecule has 0 bridgehead atoms. The first kappa shape index (κ1) is 49.7. The molecule has 4 fully saturated rings. The van der Waals surface area contributed by atoms with Gasteiger partial charge in [-0.05, 0) is 115 Å². The summed E-state index contributed by atoms with van der Waals surface area (Å²) in [6, 6.07) is 9.90. The van der Waals surface area contributed by atoms with Crippen molar-refractivity contribution in [2.75, 3.05) is 0 Å². The van der Waals surface area contributed by atoms with Crippen molar-refractivity contribution >= 4 is 63.3 Å². The van der Waals surface area contributed by atoms with Crippen molar-refractivity contribution in [1.29, 1.82) is 10.5 Å². The van der Waals surface area contributed by atoms with E-state index in [1.165, 1.54) is 12.1 Å². The maximum atomic E-state index is 13.5. The Balaban J connectivity index is 0.000000234. The van der Waals surface area contributed by atoms with E-state index in [-0.39, 0.29) is 46.8 Å².